The molecule has 11 heteroatoms. The van der Waals surface area contributed by atoms with Gasteiger partial charge in [0.25, 0.3) is 5.69 Å². The third-order valence-electron chi connectivity index (χ3n) is 4.44. The molecule has 1 heterocycles. The molecule has 168 valence electrons. The van der Waals surface area contributed by atoms with Crippen molar-refractivity contribution >= 4 is 33.7 Å². The third-order valence-corrected chi connectivity index (χ3v) is 5.45. The van der Waals surface area contributed by atoms with Crippen molar-refractivity contribution < 1.29 is 32.4 Å². The number of carbonyl (C=O) groups is 1. The molecule has 0 aliphatic rings. The highest BCUT2D eigenvalue weighted by Crippen LogP contribution is 2.41. The van der Waals surface area contributed by atoms with Crippen molar-refractivity contribution in [3.63, 3.8) is 0 Å². The molecule has 2 aromatic carbocycles. The van der Waals surface area contributed by atoms with E-state index in [2.05, 4.69) is 5.32 Å². The highest BCUT2D eigenvalue weighted by Gasteiger charge is 2.35. The first-order chi connectivity index (χ1) is 15.1. The number of rotatable bonds is 7. The van der Waals surface area contributed by atoms with E-state index < -0.39 is 28.7 Å². The molecule has 1 atom stereocenters. The van der Waals surface area contributed by atoms with Gasteiger partial charge in [-0.05, 0) is 19.1 Å². The topological polar surface area (TPSA) is 90.7 Å². The number of nitrogens with one attached hydrogen (secondary N) is 1. The lowest BCUT2D eigenvalue weighted by molar-refractivity contribution is -0.383. The minimum Gasteiger partial charge on any atom is -0.484 e. The number of alkyl halides is 3. The summed E-state index contributed by atoms with van der Waals surface area (Å²) >= 11 is 0.899. The summed E-state index contributed by atoms with van der Waals surface area (Å²) in [6.07, 6.45) is -5.63. The first-order valence-electron chi connectivity index (χ1n) is 9.17. The molecule has 3 rings (SSSR count). The second kappa shape index (κ2) is 9.27. The number of methoxy groups -OCH3 is 1. The Hall–Kier alpha value is -3.60. The largest absolute Gasteiger partial charge is 0.484 e. The predicted octanol–water partition coefficient (Wildman–Crippen LogP) is 6.35. The van der Waals surface area contributed by atoms with Crippen molar-refractivity contribution in [1.29, 1.82) is 0 Å². The summed E-state index contributed by atoms with van der Waals surface area (Å²) in [6, 6.07) is 12.3. The number of hydrogen-bond acceptors (Lipinski definition) is 7. The van der Waals surface area contributed by atoms with Crippen LogP contribution in [-0.4, -0.2) is 18.0 Å². The minimum atomic E-state index is -4.58. The Morgan fingerprint density at radius 1 is 1.16 bits per heavy atom. The summed E-state index contributed by atoms with van der Waals surface area (Å²) in [5.74, 6) is -0.760. The number of halogens is 3. The van der Waals surface area contributed by atoms with Crippen LogP contribution in [0.25, 0.3) is 0 Å². The SMILES string of the molecule is COC(=O)c1sc(Nc2ccccc2[N+](=O)[O-])cc1O[C@@H](C)c1ccccc1C(F)(F)F. The first-order valence-corrected chi connectivity index (χ1v) is 9.98. The van der Waals surface area contributed by atoms with Gasteiger partial charge in [-0.1, -0.05) is 30.3 Å². The Morgan fingerprint density at radius 3 is 2.47 bits per heavy atom. The van der Waals surface area contributed by atoms with Gasteiger partial charge in [0, 0.05) is 17.7 Å². The number of nitrogens with zero attached hydrogens (tertiary/aromatic N) is 1. The van der Waals surface area contributed by atoms with Gasteiger partial charge >= 0.3 is 12.1 Å². The maximum Gasteiger partial charge on any atom is 0.416 e. The molecule has 0 bridgehead atoms. The molecule has 0 aliphatic carbocycles. The number of carbonyl (C=O) groups excluding carboxylic acids is 1. The predicted molar refractivity (Wildman–Crippen MR) is 113 cm³/mol. The van der Waals surface area contributed by atoms with Crippen LogP contribution in [0, 0.1) is 10.1 Å². The minimum absolute atomic E-state index is 0.00456. The number of anilines is 2. The second-order valence-corrected chi connectivity index (χ2v) is 7.59. The molecule has 0 fully saturated rings. The number of nitro groups is 1. The van der Waals surface area contributed by atoms with E-state index in [1.165, 1.54) is 49.4 Å². The molecule has 0 amide bonds. The number of para-hydroxylation sites is 2. The molecule has 0 unspecified atom stereocenters. The van der Waals surface area contributed by atoms with Crippen molar-refractivity contribution in [1.82, 2.24) is 0 Å². The fourth-order valence-electron chi connectivity index (χ4n) is 2.99. The van der Waals surface area contributed by atoms with Crippen molar-refractivity contribution in [3.05, 3.63) is 80.7 Å². The van der Waals surface area contributed by atoms with Crippen molar-refractivity contribution in [2.24, 2.45) is 0 Å². The Labute approximate surface area is 184 Å². The van der Waals surface area contributed by atoms with Crippen molar-refractivity contribution in [3.8, 4) is 5.75 Å². The van der Waals surface area contributed by atoms with Gasteiger partial charge in [-0.15, -0.1) is 11.3 Å². The zero-order valence-corrected chi connectivity index (χ0v) is 17.6. The number of benzene rings is 2. The van der Waals surface area contributed by atoms with Gasteiger partial charge in [0.2, 0.25) is 0 Å². The van der Waals surface area contributed by atoms with Gasteiger partial charge in [-0.25, -0.2) is 4.79 Å². The lowest BCUT2D eigenvalue weighted by Gasteiger charge is -2.19. The van der Waals surface area contributed by atoms with E-state index in [-0.39, 0.29) is 27.6 Å². The van der Waals surface area contributed by atoms with Crippen molar-refractivity contribution in [2.75, 3.05) is 12.4 Å². The van der Waals surface area contributed by atoms with Crippen LogP contribution in [0.4, 0.5) is 29.5 Å². The van der Waals surface area contributed by atoms with E-state index in [9.17, 15) is 28.1 Å². The van der Waals surface area contributed by atoms with Gasteiger partial charge in [0.05, 0.1) is 22.6 Å². The van der Waals surface area contributed by atoms with Crippen LogP contribution < -0.4 is 10.1 Å². The monoisotopic (exact) mass is 466 g/mol. The molecule has 32 heavy (non-hydrogen) atoms. The van der Waals surface area contributed by atoms with Crippen LogP contribution in [0.3, 0.4) is 0 Å². The van der Waals surface area contributed by atoms with E-state index in [1.807, 2.05) is 0 Å². The summed E-state index contributed by atoms with van der Waals surface area (Å²) < 4.78 is 50.6. The summed E-state index contributed by atoms with van der Waals surface area (Å²) in [4.78, 5) is 22.9. The van der Waals surface area contributed by atoms with Crippen LogP contribution in [0.15, 0.2) is 54.6 Å². The van der Waals surface area contributed by atoms with Crippen LogP contribution >= 0.6 is 11.3 Å². The highest BCUT2D eigenvalue weighted by molar-refractivity contribution is 7.18. The summed E-state index contributed by atoms with van der Waals surface area (Å²) in [5, 5.41) is 14.4. The fraction of sp³-hybridized carbons (Fsp3) is 0.190. The van der Waals surface area contributed by atoms with E-state index in [4.69, 9.17) is 9.47 Å². The van der Waals surface area contributed by atoms with Crippen LogP contribution in [0.1, 0.15) is 33.8 Å². The molecular weight excluding hydrogens is 449 g/mol. The highest BCUT2D eigenvalue weighted by atomic mass is 32.1. The molecule has 0 saturated carbocycles. The van der Waals surface area contributed by atoms with Gasteiger partial charge in [0.15, 0.2) is 4.88 Å². The average Bonchev–Trinajstić information content (AvgIpc) is 3.14. The Bertz CT molecular complexity index is 1150. The molecule has 0 spiro atoms. The number of ether oxygens (including phenoxy) is 2. The standard InChI is InChI=1S/C21H17F3N2O5S/c1-12(13-7-3-4-8-14(13)21(22,23)24)31-17-11-18(32-19(17)20(27)30-2)25-15-9-5-6-10-16(15)26(28)29/h3-12,25H,1-2H3/t12-/m0/s1. The molecule has 7 nitrogen and oxygen atoms in total. The quantitative estimate of drug-likeness (QED) is 0.248. The summed E-state index contributed by atoms with van der Waals surface area (Å²) in [6.45, 7) is 1.43. The average molecular weight is 466 g/mol. The summed E-state index contributed by atoms with van der Waals surface area (Å²) in [5.41, 5.74) is -0.955. The lowest BCUT2D eigenvalue weighted by Crippen LogP contribution is -2.14. The normalized spacial score (nSPS) is 12.2. The van der Waals surface area contributed by atoms with Gasteiger partial charge in [0.1, 0.15) is 17.5 Å². The third kappa shape index (κ3) is 4.99. The Balaban J connectivity index is 1.95. The Kier molecular flexibility index (Phi) is 6.68. The Morgan fingerprint density at radius 2 is 1.81 bits per heavy atom. The van der Waals surface area contributed by atoms with Gasteiger partial charge in [-0.3, -0.25) is 10.1 Å². The van der Waals surface area contributed by atoms with Gasteiger partial charge < -0.3 is 14.8 Å². The second-order valence-electron chi connectivity index (χ2n) is 6.54. The number of nitro benzene ring substituents is 1. The number of thiophene rings is 1. The van der Waals surface area contributed by atoms with E-state index in [0.717, 1.165) is 24.5 Å². The molecule has 1 N–H and O–H groups in total. The molecule has 0 saturated heterocycles. The molecule has 3 aromatic rings. The van der Waals surface area contributed by atoms with E-state index in [1.54, 1.807) is 6.07 Å². The van der Waals surface area contributed by atoms with Crippen LogP contribution in [0.5, 0.6) is 5.75 Å². The van der Waals surface area contributed by atoms with Gasteiger partial charge in [-0.2, -0.15) is 13.2 Å². The molecule has 0 radical (unpaired) electrons. The van der Waals surface area contributed by atoms with Crippen LogP contribution in [-0.2, 0) is 10.9 Å². The molecule has 1 aromatic heterocycles. The maximum atomic E-state index is 13.4. The first kappa shape index (κ1) is 23.1. The zero-order chi connectivity index (χ0) is 23.5. The van der Waals surface area contributed by atoms with Crippen molar-refractivity contribution in [2.45, 2.75) is 19.2 Å². The van der Waals surface area contributed by atoms with E-state index >= 15 is 0 Å². The number of hydrogen-bond donors (Lipinski definition) is 1. The molecule has 0 aliphatic heterocycles. The maximum absolute atomic E-state index is 13.4. The lowest BCUT2D eigenvalue weighted by atomic mass is 10.0. The fourth-order valence-corrected chi connectivity index (χ4v) is 3.91. The molecular formula is C21H17F3N2O5S. The van der Waals surface area contributed by atoms with E-state index in [0.29, 0.717) is 5.00 Å². The number of esters is 1. The zero-order valence-electron chi connectivity index (χ0n) is 16.8. The van der Waals surface area contributed by atoms with Crippen LogP contribution in [0.2, 0.25) is 0 Å². The summed E-state index contributed by atoms with van der Waals surface area (Å²) in [7, 11) is 1.16. The smallest absolute Gasteiger partial charge is 0.416 e.